The zero-order chi connectivity index (χ0) is 20.6. The fourth-order valence-corrected chi connectivity index (χ4v) is 3.52. The summed E-state index contributed by atoms with van der Waals surface area (Å²) in [5, 5.41) is 9.89. The molecule has 6 nitrogen and oxygen atoms in total. The van der Waals surface area contributed by atoms with Gasteiger partial charge < -0.3 is 14.5 Å². The fraction of sp³-hybridized carbons (Fsp3) is 1.00. The van der Waals surface area contributed by atoms with E-state index in [-0.39, 0.29) is 13.2 Å². The summed E-state index contributed by atoms with van der Waals surface area (Å²) in [5.41, 5.74) is 0. The first-order valence-corrected chi connectivity index (χ1v) is 12.3. The van der Waals surface area contributed by atoms with Crippen LogP contribution in [0.5, 0.6) is 0 Å². The molecule has 164 valence electrons. The normalized spacial score (nSPS) is 15.6. The standard InChI is InChI=1S/C20H44NO5P/c1-5-6-7-8-9-10-11-12-13-14-15-16-20(22)19-26-27(23,24)25-18-17-21(2,3)4/h20,22H,5-19H2,1-4H3/p+1. The molecule has 0 saturated carbocycles. The highest BCUT2D eigenvalue weighted by molar-refractivity contribution is 7.47. The summed E-state index contributed by atoms with van der Waals surface area (Å²) in [5.74, 6) is 0. The number of unbranched alkanes of at least 4 members (excludes halogenated alkanes) is 10. The molecule has 0 spiro atoms. The second kappa shape index (κ2) is 15.9. The number of phosphoric acid groups is 1. The number of nitrogens with zero attached hydrogens (tertiary/aromatic N) is 1. The molecule has 0 aromatic rings. The van der Waals surface area contributed by atoms with Gasteiger partial charge in [-0.05, 0) is 6.42 Å². The van der Waals surface area contributed by atoms with Crippen molar-refractivity contribution in [3.63, 3.8) is 0 Å². The summed E-state index contributed by atoms with van der Waals surface area (Å²) in [7, 11) is 1.86. The lowest BCUT2D eigenvalue weighted by molar-refractivity contribution is -0.870. The molecule has 0 aliphatic heterocycles. The summed E-state index contributed by atoms with van der Waals surface area (Å²) >= 11 is 0. The van der Waals surface area contributed by atoms with Crippen LogP contribution in [0.25, 0.3) is 0 Å². The van der Waals surface area contributed by atoms with Gasteiger partial charge in [0, 0.05) is 0 Å². The molecule has 0 saturated heterocycles. The molecule has 0 aromatic heterocycles. The third kappa shape index (κ3) is 20.6. The van der Waals surface area contributed by atoms with E-state index in [2.05, 4.69) is 6.92 Å². The molecular weight excluding hydrogens is 365 g/mol. The van der Waals surface area contributed by atoms with E-state index in [1.54, 1.807) is 0 Å². The Morgan fingerprint density at radius 3 is 1.81 bits per heavy atom. The summed E-state index contributed by atoms with van der Waals surface area (Å²) in [6.45, 7) is 2.84. The van der Waals surface area contributed by atoms with E-state index in [9.17, 15) is 14.6 Å². The van der Waals surface area contributed by atoms with Crippen LogP contribution < -0.4 is 0 Å². The van der Waals surface area contributed by atoms with Crippen molar-refractivity contribution in [2.45, 2.75) is 90.1 Å². The van der Waals surface area contributed by atoms with Crippen LogP contribution in [0.3, 0.4) is 0 Å². The van der Waals surface area contributed by atoms with Crippen molar-refractivity contribution in [1.82, 2.24) is 0 Å². The van der Waals surface area contributed by atoms with Gasteiger partial charge in [-0.15, -0.1) is 0 Å². The average Bonchev–Trinajstić information content (AvgIpc) is 2.56. The van der Waals surface area contributed by atoms with Gasteiger partial charge in [0.2, 0.25) is 0 Å². The summed E-state index contributed by atoms with van der Waals surface area (Å²) in [4.78, 5) is 9.61. The van der Waals surface area contributed by atoms with Gasteiger partial charge in [-0.1, -0.05) is 77.6 Å². The molecular formula is C20H45NO5P+. The number of quaternary nitrogens is 1. The molecule has 0 aliphatic carbocycles. The van der Waals surface area contributed by atoms with Gasteiger partial charge >= 0.3 is 7.82 Å². The maximum absolute atomic E-state index is 11.8. The Balaban J connectivity index is 3.52. The third-order valence-corrected chi connectivity index (χ3v) is 5.57. The van der Waals surface area contributed by atoms with E-state index >= 15 is 0 Å². The summed E-state index contributed by atoms with van der Waals surface area (Å²) in [6.07, 6.45) is 13.7. The first-order chi connectivity index (χ1) is 12.7. The fourth-order valence-electron chi connectivity index (χ4n) is 2.78. The van der Waals surface area contributed by atoms with Crippen molar-refractivity contribution in [3.05, 3.63) is 0 Å². The van der Waals surface area contributed by atoms with Crippen LogP contribution in [-0.4, -0.2) is 61.5 Å². The molecule has 0 radical (unpaired) electrons. The monoisotopic (exact) mass is 410 g/mol. The highest BCUT2D eigenvalue weighted by Crippen LogP contribution is 2.43. The highest BCUT2D eigenvalue weighted by Gasteiger charge is 2.23. The first kappa shape index (κ1) is 27.0. The lowest BCUT2D eigenvalue weighted by Gasteiger charge is -2.24. The minimum atomic E-state index is -4.07. The number of likely N-dealkylation sites (N-methyl/N-ethyl adjacent to an activating group) is 1. The number of phosphoric ester groups is 1. The van der Waals surface area contributed by atoms with Crippen LogP contribution in [0.1, 0.15) is 84.0 Å². The number of aliphatic hydroxyl groups excluding tert-OH is 1. The van der Waals surface area contributed by atoms with E-state index < -0.39 is 13.9 Å². The number of hydrogen-bond donors (Lipinski definition) is 2. The van der Waals surface area contributed by atoms with Gasteiger partial charge in [0.15, 0.2) is 0 Å². The van der Waals surface area contributed by atoms with Gasteiger partial charge in [-0.3, -0.25) is 9.05 Å². The number of rotatable bonds is 19. The van der Waals surface area contributed by atoms with Crippen LogP contribution in [0, 0.1) is 0 Å². The molecule has 2 unspecified atom stereocenters. The maximum atomic E-state index is 11.8. The lowest BCUT2D eigenvalue weighted by Crippen LogP contribution is -2.37. The molecule has 2 N–H and O–H groups in total. The van der Waals surface area contributed by atoms with Crippen molar-refractivity contribution in [3.8, 4) is 0 Å². The Hall–Kier alpha value is 0.0300. The summed E-state index contributed by atoms with van der Waals surface area (Å²) in [6, 6.07) is 0. The Morgan fingerprint density at radius 1 is 0.852 bits per heavy atom. The van der Waals surface area contributed by atoms with Crippen molar-refractivity contribution in [2.75, 3.05) is 40.9 Å². The maximum Gasteiger partial charge on any atom is 0.472 e. The zero-order valence-electron chi connectivity index (χ0n) is 18.2. The molecule has 0 bridgehead atoms. The Morgan fingerprint density at radius 2 is 1.33 bits per heavy atom. The van der Waals surface area contributed by atoms with Crippen LogP contribution in [-0.2, 0) is 13.6 Å². The molecule has 0 amide bonds. The minimum Gasteiger partial charge on any atom is -0.391 e. The quantitative estimate of drug-likeness (QED) is 0.180. The molecule has 0 heterocycles. The Labute approximate surface area is 167 Å². The first-order valence-electron chi connectivity index (χ1n) is 10.8. The van der Waals surface area contributed by atoms with Gasteiger partial charge in [0.25, 0.3) is 0 Å². The lowest BCUT2D eigenvalue weighted by atomic mass is 10.0. The molecule has 0 rings (SSSR count). The summed E-state index contributed by atoms with van der Waals surface area (Å²) < 4.78 is 22.2. The van der Waals surface area contributed by atoms with E-state index in [4.69, 9.17) is 9.05 Å². The molecule has 7 heteroatoms. The predicted molar refractivity (Wildman–Crippen MR) is 112 cm³/mol. The average molecular weight is 411 g/mol. The van der Waals surface area contributed by atoms with Gasteiger partial charge in [0.1, 0.15) is 13.2 Å². The highest BCUT2D eigenvalue weighted by atomic mass is 31.2. The van der Waals surface area contributed by atoms with Crippen molar-refractivity contribution >= 4 is 7.82 Å². The second-order valence-electron chi connectivity index (χ2n) is 8.59. The number of aliphatic hydroxyl groups is 1. The van der Waals surface area contributed by atoms with Gasteiger partial charge in [-0.2, -0.15) is 0 Å². The topological polar surface area (TPSA) is 76.0 Å². The van der Waals surface area contributed by atoms with Gasteiger partial charge in [-0.25, -0.2) is 4.57 Å². The van der Waals surface area contributed by atoms with Crippen molar-refractivity contribution < 1.29 is 28.1 Å². The van der Waals surface area contributed by atoms with E-state index in [0.29, 0.717) is 17.4 Å². The van der Waals surface area contributed by atoms with E-state index in [1.807, 2.05) is 21.1 Å². The SMILES string of the molecule is CCCCCCCCCCCCCC(O)COP(=O)(O)OCC[N+](C)(C)C. The smallest absolute Gasteiger partial charge is 0.391 e. The molecule has 0 fully saturated rings. The van der Waals surface area contributed by atoms with Crippen LogP contribution in [0.4, 0.5) is 0 Å². The Bertz CT molecular complexity index is 387. The largest absolute Gasteiger partial charge is 0.472 e. The molecule has 0 aliphatic rings. The number of hydrogen-bond acceptors (Lipinski definition) is 4. The molecule has 27 heavy (non-hydrogen) atoms. The molecule has 2 atom stereocenters. The Kier molecular flexibility index (Phi) is 15.9. The van der Waals surface area contributed by atoms with Gasteiger partial charge in [0.05, 0.1) is 33.9 Å². The van der Waals surface area contributed by atoms with E-state index in [1.165, 1.54) is 57.8 Å². The van der Waals surface area contributed by atoms with Crippen molar-refractivity contribution in [2.24, 2.45) is 0 Å². The van der Waals surface area contributed by atoms with Crippen LogP contribution in [0.15, 0.2) is 0 Å². The second-order valence-corrected chi connectivity index (χ2v) is 10.0. The van der Waals surface area contributed by atoms with Crippen molar-refractivity contribution in [1.29, 1.82) is 0 Å². The molecule has 0 aromatic carbocycles. The van der Waals surface area contributed by atoms with E-state index in [0.717, 1.165) is 12.8 Å². The zero-order valence-corrected chi connectivity index (χ0v) is 19.1. The van der Waals surface area contributed by atoms with Crippen LogP contribution in [0.2, 0.25) is 0 Å². The predicted octanol–water partition coefficient (Wildman–Crippen LogP) is 4.89. The third-order valence-electron chi connectivity index (χ3n) is 4.59. The minimum absolute atomic E-state index is 0.145. The van der Waals surface area contributed by atoms with Crippen LogP contribution >= 0.6 is 7.82 Å².